The van der Waals surface area contributed by atoms with Crippen LogP contribution in [0.5, 0.6) is 0 Å². The molecule has 17 heavy (non-hydrogen) atoms. The average molecular weight is 235 g/mol. The first-order valence-corrected chi connectivity index (χ1v) is 7.18. The molecule has 0 aromatic carbocycles. The van der Waals surface area contributed by atoms with Gasteiger partial charge in [-0.2, -0.15) is 0 Å². The second-order valence-corrected chi connectivity index (χ2v) is 6.54. The van der Waals surface area contributed by atoms with Crippen molar-refractivity contribution in [2.24, 2.45) is 11.3 Å². The first-order valence-electron chi connectivity index (χ1n) is 7.18. The van der Waals surface area contributed by atoms with Crippen LogP contribution in [0.1, 0.15) is 66.2 Å². The fourth-order valence-electron chi connectivity index (χ4n) is 3.13. The Labute approximate surface area is 108 Å². The lowest BCUT2D eigenvalue weighted by molar-refractivity contribution is 0.122. The van der Waals surface area contributed by atoms with Gasteiger partial charge in [0.25, 0.3) is 0 Å². The third-order valence-corrected chi connectivity index (χ3v) is 4.19. The molecule has 1 aliphatic carbocycles. The molecule has 3 unspecified atom stereocenters. The molecule has 1 N–H and O–H groups in total. The quantitative estimate of drug-likeness (QED) is 0.727. The van der Waals surface area contributed by atoms with Gasteiger partial charge in [-0.25, -0.2) is 0 Å². The van der Waals surface area contributed by atoms with E-state index in [0.29, 0.717) is 17.5 Å². The Morgan fingerprint density at radius 2 is 1.94 bits per heavy atom. The SMILES string of the molecule is C#CCC(CC)NC1CCCCC1C(C)(C)C. The second kappa shape index (κ2) is 6.45. The largest absolute Gasteiger partial charge is 0.310 e. The van der Waals surface area contributed by atoms with E-state index in [1.165, 1.54) is 25.7 Å². The number of hydrogen-bond donors (Lipinski definition) is 1. The highest BCUT2D eigenvalue weighted by molar-refractivity contribution is 4.94. The van der Waals surface area contributed by atoms with Crippen molar-refractivity contribution in [2.75, 3.05) is 0 Å². The lowest BCUT2D eigenvalue weighted by atomic mass is 9.69. The number of terminal acetylenes is 1. The van der Waals surface area contributed by atoms with E-state index in [2.05, 4.69) is 38.9 Å². The normalized spacial score (nSPS) is 27.5. The molecule has 3 atom stereocenters. The van der Waals surface area contributed by atoms with E-state index < -0.39 is 0 Å². The maximum absolute atomic E-state index is 5.44. The van der Waals surface area contributed by atoms with Gasteiger partial charge in [-0.1, -0.05) is 40.5 Å². The van der Waals surface area contributed by atoms with Crippen molar-refractivity contribution < 1.29 is 0 Å². The minimum absolute atomic E-state index is 0.409. The molecule has 1 heteroatoms. The molecule has 1 rings (SSSR count). The number of hydrogen-bond acceptors (Lipinski definition) is 1. The summed E-state index contributed by atoms with van der Waals surface area (Å²) < 4.78 is 0. The Morgan fingerprint density at radius 1 is 1.29 bits per heavy atom. The van der Waals surface area contributed by atoms with Crippen molar-refractivity contribution in [2.45, 2.75) is 78.3 Å². The van der Waals surface area contributed by atoms with E-state index in [9.17, 15) is 0 Å². The van der Waals surface area contributed by atoms with Crippen LogP contribution in [-0.4, -0.2) is 12.1 Å². The molecule has 0 aromatic rings. The van der Waals surface area contributed by atoms with Crippen molar-refractivity contribution >= 4 is 0 Å². The van der Waals surface area contributed by atoms with Crippen molar-refractivity contribution in [1.29, 1.82) is 0 Å². The van der Waals surface area contributed by atoms with Gasteiger partial charge < -0.3 is 5.32 Å². The van der Waals surface area contributed by atoms with Crippen LogP contribution in [0.3, 0.4) is 0 Å². The smallest absolute Gasteiger partial charge is 0.0240 e. The molecule has 0 spiro atoms. The highest BCUT2D eigenvalue weighted by Gasteiger charge is 2.34. The van der Waals surface area contributed by atoms with Gasteiger partial charge in [0, 0.05) is 18.5 Å². The molecule has 1 nitrogen and oxygen atoms in total. The first kappa shape index (κ1) is 14.6. The molecule has 1 saturated carbocycles. The molecular weight excluding hydrogens is 206 g/mol. The third kappa shape index (κ3) is 4.36. The summed E-state index contributed by atoms with van der Waals surface area (Å²) in [4.78, 5) is 0. The molecule has 0 radical (unpaired) electrons. The zero-order valence-electron chi connectivity index (χ0n) is 12.1. The van der Waals surface area contributed by atoms with Crippen LogP contribution in [0.15, 0.2) is 0 Å². The summed E-state index contributed by atoms with van der Waals surface area (Å²) in [5.41, 5.74) is 0.409. The van der Waals surface area contributed by atoms with E-state index in [1.54, 1.807) is 0 Å². The molecule has 1 fully saturated rings. The summed E-state index contributed by atoms with van der Waals surface area (Å²) in [6, 6.07) is 1.18. The van der Waals surface area contributed by atoms with E-state index in [-0.39, 0.29) is 0 Å². The Bertz CT molecular complexity index is 256. The van der Waals surface area contributed by atoms with Crippen LogP contribution in [0.25, 0.3) is 0 Å². The highest BCUT2D eigenvalue weighted by atomic mass is 15.0. The summed E-state index contributed by atoms with van der Waals surface area (Å²) in [7, 11) is 0. The van der Waals surface area contributed by atoms with Gasteiger partial charge in [0.1, 0.15) is 0 Å². The second-order valence-electron chi connectivity index (χ2n) is 6.54. The fourth-order valence-corrected chi connectivity index (χ4v) is 3.13. The van der Waals surface area contributed by atoms with Gasteiger partial charge in [-0.15, -0.1) is 12.3 Å². The lowest BCUT2D eigenvalue weighted by Gasteiger charge is -2.42. The molecule has 0 aromatic heterocycles. The Hall–Kier alpha value is -0.480. The molecule has 98 valence electrons. The Kier molecular flexibility index (Phi) is 5.53. The summed E-state index contributed by atoms with van der Waals surface area (Å²) in [6.45, 7) is 9.35. The minimum atomic E-state index is 0.409. The topological polar surface area (TPSA) is 12.0 Å². The standard InChI is InChI=1S/C16H29N/c1-6-10-13(7-2)17-15-12-9-8-11-14(15)16(3,4)5/h1,13-15,17H,7-12H2,2-5H3. The summed E-state index contributed by atoms with van der Waals surface area (Å²) in [6.07, 6.45) is 12.9. The zero-order valence-corrected chi connectivity index (χ0v) is 12.1. The third-order valence-electron chi connectivity index (χ3n) is 4.19. The van der Waals surface area contributed by atoms with E-state index in [0.717, 1.165) is 18.8 Å². The monoisotopic (exact) mass is 235 g/mol. The fraction of sp³-hybridized carbons (Fsp3) is 0.875. The number of rotatable bonds is 4. The lowest BCUT2D eigenvalue weighted by Crippen LogP contribution is -2.48. The van der Waals surface area contributed by atoms with Crippen LogP contribution in [0, 0.1) is 23.7 Å². The molecule has 0 saturated heterocycles. The van der Waals surface area contributed by atoms with Crippen molar-refractivity contribution in [1.82, 2.24) is 5.32 Å². The van der Waals surface area contributed by atoms with Gasteiger partial charge >= 0.3 is 0 Å². The minimum Gasteiger partial charge on any atom is -0.310 e. The number of nitrogens with one attached hydrogen (secondary N) is 1. The van der Waals surface area contributed by atoms with E-state index in [4.69, 9.17) is 6.42 Å². The Morgan fingerprint density at radius 3 is 2.47 bits per heavy atom. The van der Waals surface area contributed by atoms with Crippen molar-refractivity contribution in [3.8, 4) is 12.3 Å². The van der Waals surface area contributed by atoms with Crippen LogP contribution >= 0.6 is 0 Å². The predicted octanol–water partition coefficient (Wildman–Crippen LogP) is 3.98. The molecular formula is C16H29N. The Balaban J connectivity index is 2.62. The van der Waals surface area contributed by atoms with Crippen LogP contribution in [-0.2, 0) is 0 Å². The predicted molar refractivity (Wildman–Crippen MR) is 75.9 cm³/mol. The maximum Gasteiger partial charge on any atom is 0.0240 e. The molecule has 0 bridgehead atoms. The molecule has 0 heterocycles. The van der Waals surface area contributed by atoms with Gasteiger partial charge in [0.2, 0.25) is 0 Å². The summed E-state index contributed by atoms with van der Waals surface area (Å²) in [5, 5.41) is 3.82. The van der Waals surface area contributed by atoms with E-state index >= 15 is 0 Å². The van der Waals surface area contributed by atoms with Gasteiger partial charge in [0.15, 0.2) is 0 Å². The molecule has 0 aliphatic heterocycles. The van der Waals surface area contributed by atoms with Crippen molar-refractivity contribution in [3.63, 3.8) is 0 Å². The highest BCUT2D eigenvalue weighted by Crippen LogP contribution is 2.38. The average Bonchev–Trinajstić information content (AvgIpc) is 2.27. The zero-order chi connectivity index (χ0) is 12.9. The maximum atomic E-state index is 5.44. The first-order chi connectivity index (χ1) is 7.99. The summed E-state index contributed by atoms with van der Waals surface area (Å²) in [5.74, 6) is 3.59. The van der Waals surface area contributed by atoms with Gasteiger partial charge in [0.05, 0.1) is 0 Å². The molecule has 0 amide bonds. The van der Waals surface area contributed by atoms with Crippen molar-refractivity contribution in [3.05, 3.63) is 0 Å². The van der Waals surface area contributed by atoms with E-state index in [1.807, 2.05) is 0 Å². The van der Waals surface area contributed by atoms with Gasteiger partial charge in [-0.05, 0) is 30.6 Å². The summed E-state index contributed by atoms with van der Waals surface area (Å²) >= 11 is 0. The molecule has 1 aliphatic rings. The van der Waals surface area contributed by atoms with Crippen LogP contribution in [0.2, 0.25) is 0 Å². The van der Waals surface area contributed by atoms with Crippen LogP contribution < -0.4 is 5.32 Å². The van der Waals surface area contributed by atoms with Gasteiger partial charge in [-0.3, -0.25) is 0 Å². The van der Waals surface area contributed by atoms with Crippen LogP contribution in [0.4, 0.5) is 0 Å².